The van der Waals surface area contributed by atoms with Crippen LogP contribution in [-0.2, 0) is 11.2 Å². The third kappa shape index (κ3) is 4.31. The number of nitrogens with zero attached hydrogens (tertiary/aromatic N) is 2. The molecule has 1 amide bonds. The number of benzene rings is 3. The van der Waals surface area contributed by atoms with E-state index in [2.05, 4.69) is 49.3 Å². The van der Waals surface area contributed by atoms with Crippen LogP contribution in [0.2, 0.25) is 5.02 Å². The van der Waals surface area contributed by atoms with E-state index in [4.69, 9.17) is 11.6 Å². The van der Waals surface area contributed by atoms with E-state index in [9.17, 15) is 4.79 Å². The Morgan fingerprint density at radius 1 is 1.23 bits per heavy atom. The molecule has 4 nitrogen and oxygen atoms in total. The summed E-state index contributed by atoms with van der Waals surface area (Å²) < 4.78 is 0. The number of amides is 1. The van der Waals surface area contributed by atoms with Crippen molar-refractivity contribution in [2.24, 2.45) is 5.10 Å². The van der Waals surface area contributed by atoms with Crippen LogP contribution in [0, 0.1) is 0 Å². The number of hydrogen-bond donors (Lipinski definition) is 1. The van der Waals surface area contributed by atoms with E-state index in [0.29, 0.717) is 10.9 Å². The lowest BCUT2D eigenvalue weighted by Crippen LogP contribution is -2.45. The number of rotatable bonds is 4. The molecule has 0 bridgehead atoms. The molecular weight excluding hydrogens is 406 g/mol. The second kappa shape index (κ2) is 8.35. The average molecular weight is 434 g/mol. The lowest BCUT2D eigenvalue weighted by Gasteiger charge is -2.45. The lowest BCUT2D eigenvalue weighted by molar-refractivity contribution is -0.120. The van der Waals surface area contributed by atoms with E-state index in [1.807, 2.05) is 48.5 Å². The first-order chi connectivity index (χ1) is 14.8. The quantitative estimate of drug-likeness (QED) is 0.410. The van der Waals surface area contributed by atoms with Gasteiger partial charge in [0.2, 0.25) is 5.91 Å². The minimum atomic E-state index is -0.156. The Hall–Kier alpha value is -2.85. The fraction of sp³-hybridized carbons (Fsp3) is 0.308. The molecule has 0 saturated carbocycles. The predicted octanol–water partition coefficient (Wildman–Crippen LogP) is 5.91. The molecule has 0 aromatic heterocycles. The van der Waals surface area contributed by atoms with E-state index < -0.39 is 0 Å². The smallest absolute Gasteiger partial charge is 0.244 e. The van der Waals surface area contributed by atoms with Crippen molar-refractivity contribution in [1.29, 1.82) is 0 Å². The molecular formula is C26H28ClN3O. The van der Waals surface area contributed by atoms with E-state index in [-0.39, 0.29) is 17.9 Å². The van der Waals surface area contributed by atoms with Gasteiger partial charge in [0.25, 0.3) is 0 Å². The number of fused-ring (bicyclic) bond motifs is 2. The molecule has 1 heterocycles. The van der Waals surface area contributed by atoms with Crippen molar-refractivity contribution in [2.45, 2.75) is 45.1 Å². The Morgan fingerprint density at radius 3 is 2.77 bits per heavy atom. The first kappa shape index (κ1) is 21.4. The zero-order chi connectivity index (χ0) is 22.2. The fourth-order valence-corrected chi connectivity index (χ4v) is 4.74. The van der Waals surface area contributed by atoms with Gasteiger partial charge in [0.05, 0.1) is 17.7 Å². The van der Waals surface area contributed by atoms with E-state index >= 15 is 0 Å². The Labute approximate surface area is 188 Å². The Kier molecular flexibility index (Phi) is 5.76. The van der Waals surface area contributed by atoms with Crippen LogP contribution in [0.25, 0.3) is 10.8 Å². The van der Waals surface area contributed by atoms with Crippen molar-refractivity contribution in [2.75, 3.05) is 11.9 Å². The molecule has 0 unspecified atom stereocenters. The first-order valence-electron chi connectivity index (χ1n) is 10.6. The highest BCUT2D eigenvalue weighted by Gasteiger charge is 2.34. The maximum absolute atomic E-state index is 12.5. The van der Waals surface area contributed by atoms with Crippen molar-refractivity contribution >= 4 is 40.2 Å². The summed E-state index contributed by atoms with van der Waals surface area (Å²) in [5, 5.41) is 7.02. The molecule has 1 aliphatic heterocycles. The second-order valence-corrected chi connectivity index (χ2v) is 9.42. The summed E-state index contributed by atoms with van der Waals surface area (Å²) in [5.74, 6) is 0.267. The van der Waals surface area contributed by atoms with E-state index in [1.165, 1.54) is 5.56 Å². The largest absolute Gasteiger partial charge is 0.369 e. The summed E-state index contributed by atoms with van der Waals surface area (Å²) in [6.07, 6.45) is 2.97. The maximum Gasteiger partial charge on any atom is 0.244 e. The number of halogens is 1. The first-order valence-corrected chi connectivity index (χ1v) is 11.0. The highest BCUT2D eigenvalue weighted by atomic mass is 35.5. The summed E-state index contributed by atoms with van der Waals surface area (Å²) in [6, 6.07) is 18.2. The van der Waals surface area contributed by atoms with Gasteiger partial charge in [-0.15, -0.1) is 0 Å². The zero-order valence-corrected chi connectivity index (χ0v) is 19.2. The van der Waals surface area contributed by atoms with Gasteiger partial charge in [-0.25, -0.2) is 5.43 Å². The number of hydrazone groups is 1. The summed E-state index contributed by atoms with van der Waals surface area (Å²) in [6.45, 7) is 6.75. The Balaban J connectivity index is 1.49. The minimum Gasteiger partial charge on any atom is -0.369 e. The molecule has 31 heavy (non-hydrogen) atoms. The SMILES string of the molecule is C[C@H]1CC(C)(C)N(C)c2cc(Cl)c(/C=N\NC(=O)Cc3cccc4ccccc34)cc21. The molecule has 160 valence electrons. The van der Waals surface area contributed by atoms with Crippen molar-refractivity contribution in [3.63, 3.8) is 0 Å². The van der Waals surface area contributed by atoms with Crippen LogP contribution in [0.1, 0.15) is 49.8 Å². The Morgan fingerprint density at radius 2 is 1.97 bits per heavy atom. The average Bonchev–Trinajstić information content (AvgIpc) is 2.73. The third-order valence-electron chi connectivity index (χ3n) is 6.38. The molecule has 0 aliphatic carbocycles. The normalized spacial score (nSPS) is 17.7. The monoisotopic (exact) mass is 433 g/mol. The minimum absolute atomic E-state index is 0.0843. The third-order valence-corrected chi connectivity index (χ3v) is 6.70. The van der Waals surface area contributed by atoms with Gasteiger partial charge in [0.15, 0.2) is 0 Å². The van der Waals surface area contributed by atoms with Gasteiger partial charge in [0, 0.05) is 23.8 Å². The molecule has 1 N–H and O–H groups in total. The van der Waals surface area contributed by atoms with Gasteiger partial charge in [-0.05, 0) is 60.2 Å². The molecule has 4 rings (SSSR count). The lowest BCUT2D eigenvalue weighted by atomic mass is 9.80. The molecule has 1 atom stereocenters. The van der Waals surface area contributed by atoms with Crippen LogP contribution < -0.4 is 10.3 Å². The van der Waals surface area contributed by atoms with Crippen molar-refractivity contribution in [3.8, 4) is 0 Å². The molecule has 0 spiro atoms. The van der Waals surface area contributed by atoms with Crippen LogP contribution in [-0.4, -0.2) is 24.7 Å². The number of carbonyl (C=O) groups is 1. The Bertz CT molecular complexity index is 1160. The summed E-state index contributed by atoms with van der Waals surface area (Å²) >= 11 is 6.55. The van der Waals surface area contributed by atoms with E-state index in [1.54, 1.807) is 6.21 Å². The molecule has 3 aromatic carbocycles. The highest BCUT2D eigenvalue weighted by Crippen LogP contribution is 2.44. The topological polar surface area (TPSA) is 44.7 Å². The van der Waals surface area contributed by atoms with Gasteiger partial charge >= 0.3 is 0 Å². The predicted molar refractivity (Wildman–Crippen MR) is 130 cm³/mol. The van der Waals surface area contributed by atoms with Gasteiger partial charge in [-0.3, -0.25) is 4.79 Å². The summed E-state index contributed by atoms with van der Waals surface area (Å²) in [4.78, 5) is 14.8. The number of nitrogens with one attached hydrogen (secondary N) is 1. The fourth-order valence-electron chi connectivity index (χ4n) is 4.54. The molecule has 1 aliphatic rings. The van der Waals surface area contributed by atoms with Crippen molar-refractivity contribution in [3.05, 3.63) is 76.3 Å². The number of anilines is 1. The van der Waals surface area contributed by atoms with E-state index in [0.717, 1.165) is 34.0 Å². The van der Waals surface area contributed by atoms with Crippen LogP contribution in [0.3, 0.4) is 0 Å². The molecule has 0 saturated heterocycles. The number of carbonyl (C=O) groups excluding carboxylic acids is 1. The van der Waals surface area contributed by atoms with Crippen LogP contribution in [0.5, 0.6) is 0 Å². The van der Waals surface area contributed by atoms with Crippen molar-refractivity contribution in [1.82, 2.24) is 5.43 Å². The van der Waals surface area contributed by atoms with Crippen LogP contribution >= 0.6 is 11.6 Å². The van der Waals surface area contributed by atoms with Gasteiger partial charge in [0.1, 0.15) is 0 Å². The van der Waals surface area contributed by atoms with Crippen molar-refractivity contribution < 1.29 is 4.79 Å². The van der Waals surface area contributed by atoms with Gasteiger partial charge < -0.3 is 4.90 Å². The zero-order valence-electron chi connectivity index (χ0n) is 18.4. The summed E-state index contributed by atoms with van der Waals surface area (Å²) in [7, 11) is 2.11. The maximum atomic E-state index is 12.5. The van der Waals surface area contributed by atoms with Crippen LogP contribution in [0.15, 0.2) is 59.7 Å². The molecule has 0 radical (unpaired) electrons. The highest BCUT2D eigenvalue weighted by molar-refractivity contribution is 6.33. The van der Waals surface area contributed by atoms with Gasteiger partial charge in [-0.2, -0.15) is 5.10 Å². The van der Waals surface area contributed by atoms with Gasteiger partial charge in [-0.1, -0.05) is 61.0 Å². The van der Waals surface area contributed by atoms with Crippen LogP contribution in [0.4, 0.5) is 5.69 Å². The second-order valence-electron chi connectivity index (χ2n) is 9.02. The number of hydrogen-bond acceptors (Lipinski definition) is 3. The molecule has 3 aromatic rings. The summed E-state index contributed by atoms with van der Waals surface area (Å²) in [5.41, 5.74) is 6.94. The molecule has 0 fully saturated rings. The standard InChI is InChI=1S/C26H28ClN3O/c1-17-15-26(2,3)30(4)24-14-23(27)20(12-22(17)24)16-28-29-25(31)13-19-10-7-9-18-8-5-6-11-21(18)19/h5-12,14,16-17H,13,15H2,1-4H3,(H,29,31)/b28-16-/t17-/m0/s1. The molecule has 5 heteroatoms.